The topological polar surface area (TPSA) is 37.3 Å². The zero-order chi connectivity index (χ0) is 12.6. The smallest absolute Gasteiger partial charge is 0.150 e. The number of phenolic OH excluding ortho intramolecular Hbond substituents is 1. The van der Waals surface area contributed by atoms with Gasteiger partial charge in [-0.25, -0.2) is 0 Å². The summed E-state index contributed by atoms with van der Waals surface area (Å²) in [6.07, 6.45) is 0.835. The first kappa shape index (κ1) is 11.6. The molecule has 0 aromatic heterocycles. The monoisotopic (exact) mass is 228 g/mol. The van der Waals surface area contributed by atoms with Crippen LogP contribution in [0.15, 0.2) is 24.3 Å². The number of rotatable bonds is 2. The Morgan fingerprint density at radius 2 is 1.88 bits per heavy atom. The fourth-order valence-electron chi connectivity index (χ4n) is 2.14. The molecular weight excluding hydrogens is 212 g/mol. The van der Waals surface area contributed by atoms with Gasteiger partial charge in [0.2, 0.25) is 0 Å². The first-order valence-corrected chi connectivity index (χ1v) is 5.76. The van der Waals surface area contributed by atoms with E-state index in [4.69, 9.17) is 0 Å². The van der Waals surface area contributed by atoms with E-state index in [-0.39, 0.29) is 5.75 Å². The van der Waals surface area contributed by atoms with E-state index in [0.29, 0.717) is 11.5 Å². The van der Waals surface area contributed by atoms with Gasteiger partial charge in [-0.1, -0.05) is 26.0 Å². The highest BCUT2D eigenvalue weighted by Crippen LogP contribution is 2.32. The molecule has 0 saturated heterocycles. The molecule has 0 aliphatic rings. The third-order valence-corrected chi connectivity index (χ3v) is 3.15. The molecule has 0 bridgehead atoms. The number of aromatic hydroxyl groups is 1. The Morgan fingerprint density at radius 1 is 1.18 bits per heavy atom. The summed E-state index contributed by atoms with van der Waals surface area (Å²) in [5.41, 5.74) is 2.66. The van der Waals surface area contributed by atoms with E-state index in [2.05, 4.69) is 13.8 Å². The number of hydrogen-bond donors (Lipinski definition) is 1. The molecule has 2 heteroatoms. The Labute approximate surface area is 101 Å². The molecule has 1 N–H and O–H groups in total. The molecule has 0 atom stereocenters. The van der Waals surface area contributed by atoms with Crippen LogP contribution in [0.3, 0.4) is 0 Å². The summed E-state index contributed by atoms with van der Waals surface area (Å²) in [5.74, 6) is 0.628. The summed E-state index contributed by atoms with van der Waals surface area (Å²) in [6.45, 7) is 6.11. The van der Waals surface area contributed by atoms with E-state index in [1.54, 1.807) is 6.07 Å². The average molecular weight is 228 g/mol. The van der Waals surface area contributed by atoms with E-state index in [0.717, 1.165) is 22.6 Å². The molecule has 0 heterocycles. The highest BCUT2D eigenvalue weighted by molar-refractivity contribution is 6.00. The molecule has 0 unspecified atom stereocenters. The molecule has 2 rings (SSSR count). The number of hydrogen-bond acceptors (Lipinski definition) is 2. The molecule has 0 spiro atoms. The normalized spacial score (nSPS) is 11.1. The quantitative estimate of drug-likeness (QED) is 0.794. The van der Waals surface area contributed by atoms with Crippen LogP contribution in [0.25, 0.3) is 10.8 Å². The van der Waals surface area contributed by atoms with Gasteiger partial charge >= 0.3 is 0 Å². The molecule has 88 valence electrons. The maximum atomic E-state index is 11.0. The molecule has 0 saturated carbocycles. The second-order valence-electron chi connectivity index (χ2n) is 4.70. The second kappa shape index (κ2) is 4.21. The lowest BCUT2D eigenvalue weighted by atomic mass is 9.92. The van der Waals surface area contributed by atoms with Crippen molar-refractivity contribution in [2.24, 2.45) is 0 Å². The maximum absolute atomic E-state index is 11.0. The molecule has 2 aromatic rings. The third kappa shape index (κ3) is 1.91. The Bertz CT molecular complexity index is 583. The molecule has 17 heavy (non-hydrogen) atoms. The number of carbonyl (C=O) groups excluding carboxylic acids is 1. The molecule has 2 aromatic carbocycles. The lowest BCUT2D eigenvalue weighted by Gasteiger charge is -2.13. The first-order chi connectivity index (χ1) is 8.04. The van der Waals surface area contributed by atoms with Crippen molar-refractivity contribution in [3.8, 4) is 5.75 Å². The van der Waals surface area contributed by atoms with Crippen molar-refractivity contribution < 1.29 is 9.90 Å². The van der Waals surface area contributed by atoms with Crippen LogP contribution in [0, 0.1) is 6.92 Å². The van der Waals surface area contributed by atoms with E-state index in [1.807, 2.05) is 25.1 Å². The fraction of sp³-hybridized carbons (Fsp3) is 0.267. The lowest BCUT2D eigenvalue weighted by molar-refractivity contribution is 0.112. The van der Waals surface area contributed by atoms with Gasteiger partial charge in [-0.3, -0.25) is 4.79 Å². The van der Waals surface area contributed by atoms with E-state index < -0.39 is 0 Å². The second-order valence-corrected chi connectivity index (χ2v) is 4.70. The highest BCUT2D eigenvalue weighted by atomic mass is 16.3. The van der Waals surface area contributed by atoms with Crippen LogP contribution in [0.5, 0.6) is 5.75 Å². The summed E-state index contributed by atoms with van der Waals surface area (Å²) in [6, 6.07) is 7.44. The zero-order valence-electron chi connectivity index (χ0n) is 10.3. The standard InChI is InChI=1S/C15H16O2/c1-9(2)12-5-4-11(8-16)13-7-15(17)10(3)6-14(12)13/h4-9,17H,1-3H3. The van der Waals surface area contributed by atoms with E-state index in [1.165, 1.54) is 5.56 Å². The van der Waals surface area contributed by atoms with Crippen LogP contribution >= 0.6 is 0 Å². The predicted molar refractivity (Wildman–Crippen MR) is 69.8 cm³/mol. The van der Waals surface area contributed by atoms with Gasteiger partial charge in [-0.15, -0.1) is 0 Å². The Kier molecular flexibility index (Phi) is 2.88. The van der Waals surface area contributed by atoms with Crippen molar-refractivity contribution in [1.29, 1.82) is 0 Å². The average Bonchev–Trinajstić information content (AvgIpc) is 2.29. The van der Waals surface area contributed by atoms with E-state index >= 15 is 0 Å². The third-order valence-electron chi connectivity index (χ3n) is 3.15. The van der Waals surface area contributed by atoms with E-state index in [9.17, 15) is 9.90 Å². The van der Waals surface area contributed by atoms with Crippen LogP contribution in [0.4, 0.5) is 0 Å². The number of phenols is 1. The summed E-state index contributed by atoms with van der Waals surface area (Å²) < 4.78 is 0. The van der Waals surface area contributed by atoms with Crippen LogP contribution in [-0.2, 0) is 0 Å². The molecular formula is C15H16O2. The van der Waals surface area contributed by atoms with Gasteiger partial charge in [-0.2, -0.15) is 0 Å². The van der Waals surface area contributed by atoms with Crippen molar-refractivity contribution >= 4 is 17.1 Å². The minimum absolute atomic E-state index is 0.238. The Morgan fingerprint density at radius 3 is 2.47 bits per heavy atom. The minimum atomic E-state index is 0.238. The maximum Gasteiger partial charge on any atom is 0.150 e. The van der Waals surface area contributed by atoms with Crippen LogP contribution in [0.2, 0.25) is 0 Å². The lowest BCUT2D eigenvalue weighted by Crippen LogP contribution is -1.93. The summed E-state index contributed by atoms with van der Waals surface area (Å²) in [7, 11) is 0. The molecule has 0 amide bonds. The molecule has 0 aliphatic carbocycles. The summed E-state index contributed by atoms with van der Waals surface area (Å²) in [4.78, 5) is 11.0. The predicted octanol–water partition coefficient (Wildman–Crippen LogP) is 3.79. The van der Waals surface area contributed by atoms with Gasteiger partial charge in [-0.05, 0) is 46.9 Å². The van der Waals surface area contributed by atoms with Crippen molar-refractivity contribution in [2.45, 2.75) is 26.7 Å². The van der Waals surface area contributed by atoms with Crippen molar-refractivity contribution in [2.75, 3.05) is 0 Å². The van der Waals surface area contributed by atoms with Crippen molar-refractivity contribution in [3.05, 3.63) is 41.0 Å². The van der Waals surface area contributed by atoms with Gasteiger partial charge in [0.05, 0.1) is 0 Å². The Hall–Kier alpha value is -1.83. The molecule has 2 nitrogen and oxygen atoms in total. The minimum Gasteiger partial charge on any atom is -0.508 e. The molecule has 0 fully saturated rings. The number of fused-ring (bicyclic) bond motifs is 1. The van der Waals surface area contributed by atoms with Gasteiger partial charge in [0.25, 0.3) is 0 Å². The van der Waals surface area contributed by atoms with Gasteiger partial charge in [0.15, 0.2) is 6.29 Å². The summed E-state index contributed by atoms with van der Waals surface area (Å²) >= 11 is 0. The number of aldehydes is 1. The largest absolute Gasteiger partial charge is 0.508 e. The highest BCUT2D eigenvalue weighted by Gasteiger charge is 2.10. The number of benzene rings is 2. The van der Waals surface area contributed by atoms with Crippen molar-refractivity contribution in [1.82, 2.24) is 0 Å². The number of carbonyl (C=O) groups is 1. The SMILES string of the molecule is Cc1cc2c(C(C)C)ccc(C=O)c2cc1O. The first-order valence-electron chi connectivity index (χ1n) is 5.76. The van der Waals surface area contributed by atoms with Gasteiger partial charge in [0.1, 0.15) is 5.75 Å². The van der Waals surface area contributed by atoms with Crippen molar-refractivity contribution in [3.63, 3.8) is 0 Å². The zero-order valence-corrected chi connectivity index (χ0v) is 10.3. The van der Waals surface area contributed by atoms with Crippen LogP contribution in [-0.4, -0.2) is 11.4 Å². The van der Waals surface area contributed by atoms with Gasteiger partial charge < -0.3 is 5.11 Å². The van der Waals surface area contributed by atoms with Gasteiger partial charge in [0, 0.05) is 5.56 Å². The summed E-state index contributed by atoms with van der Waals surface area (Å²) in [5, 5.41) is 11.6. The molecule has 0 aliphatic heterocycles. The fourth-order valence-corrected chi connectivity index (χ4v) is 2.14. The van der Waals surface area contributed by atoms with Crippen LogP contribution in [0.1, 0.15) is 41.3 Å². The number of aryl methyl sites for hydroxylation is 1. The molecule has 0 radical (unpaired) electrons. The van der Waals surface area contributed by atoms with Crippen LogP contribution < -0.4 is 0 Å². The Balaban J connectivity index is 2.90.